The van der Waals surface area contributed by atoms with Crippen molar-refractivity contribution < 1.29 is 0 Å². The van der Waals surface area contributed by atoms with Gasteiger partial charge in [0.15, 0.2) is 0 Å². The Bertz CT molecular complexity index is 236. The Balaban J connectivity index is 2.33. The Morgan fingerprint density at radius 2 is 1.85 bits per heavy atom. The molecule has 1 atom stereocenters. The lowest BCUT2D eigenvalue weighted by Crippen LogP contribution is -2.14. The molecule has 0 saturated carbocycles. The summed E-state index contributed by atoms with van der Waals surface area (Å²) in [4.78, 5) is 0. The lowest BCUT2D eigenvalue weighted by atomic mass is 10.0. The van der Waals surface area contributed by atoms with Gasteiger partial charge in [0.05, 0.1) is 0 Å². The monoisotopic (exact) mass is 177 g/mol. The third kappa shape index (κ3) is 4.09. The summed E-state index contributed by atoms with van der Waals surface area (Å²) in [6.45, 7) is 4.18. The van der Waals surface area contributed by atoms with Gasteiger partial charge in [-0.25, -0.2) is 0 Å². The van der Waals surface area contributed by atoms with Gasteiger partial charge in [0.1, 0.15) is 0 Å². The molecule has 1 heteroatoms. The number of hydrogen-bond acceptors (Lipinski definition) is 1. The highest BCUT2D eigenvalue weighted by Crippen LogP contribution is 2.07. The van der Waals surface area contributed by atoms with Crippen molar-refractivity contribution in [2.24, 2.45) is 5.73 Å². The first-order valence-corrected chi connectivity index (χ1v) is 4.99. The topological polar surface area (TPSA) is 26.0 Å². The minimum atomic E-state index is 0.338. The predicted molar refractivity (Wildman–Crippen MR) is 57.8 cm³/mol. The Labute approximate surface area is 81.0 Å². The largest absolute Gasteiger partial charge is 0.328 e. The zero-order valence-electron chi connectivity index (χ0n) is 8.59. The van der Waals surface area contributed by atoms with E-state index in [4.69, 9.17) is 5.73 Å². The van der Waals surface area contributed by atoms with Gasteiger partial charge in [-0.1, -0.05) is 29.8 Å². The van der Waals surface area contributed by atoms with Crippen LogP contribution in [0, 0.1) is 6.92 Å². The van der Waals surface area contributed by atoms with Gasteiger partial charge in [-0.15, -0.1) is 0 Å². The van der Waals surface area contributed by atoms with Gasteiger partial charge >= 0.3 is 0 Å². The fourth-order valence-electron chi connectivity index (χ4n) is 1.38. The third-order valence-corrected chi connectivity index (χ3v) is 2.25. The van der Waals surface area contributed by atoms with Crippen LogP contribution in [0.1, 0.15) is 30.9 Å². The van der Waals surface area contributed by atoms with E-state index in [1.54, 1.807) is 0 Å². The molecule has 0 amide bonds. The minimum absolute atomic E-state index is 0.338. The SMILES string of the molecule is Cc1ccc(CCC[C@@H](C)N)cc1. The summed E-state index contributed by atoms with van der Waals surface area (Å²) >= 11 is 0. The molecule has 0 fully saturated rings. The fraction of sp³-hybridized carbons (Fsp3) is 0.500. The van der Waals surface area contributed by atoms with E-state index in [2.05, 4.69) is 38.1 Å². The van der Waals surface area contributed by atoms with Gasteiger partial charge in [-0.2, -0.15) is 0 Å². The van der Waals surface area contributed by atoms with E-state index >= 15 is 0 Å². The normalized spacial score (nSPS) is 12.8. The van der Waals surface area contributed by atoms with Crippen LogP contribution in [0.25, 0.3) is 0 Å². The van der Waals surface area contributed by atoms with Crippen molar-refractivity contribution in [3.05, 3.63) is 35.4 Å². The second kappa shape index (κ2) is 5.03. The van der Waals surface area contributed by atoms with Crippen LogP contribution in [0.2, 0.25) is 0 Å². The molecule has 0 aliphatic carbocycles. The maximum atomic E-state index is 5.68. The van der Waals surface area contributed by atoms with Crippen LogP contribution in [0.15, 0.2) is 24.3 Å². The van der Waals surface area contributed by atoms with Gasteiger partial charge in [-0.3, -0.25) is 0 Å². The van der Waals surface area contributed by atoms with E-state index in [0.717, 1.165) is 12.8 Å². The van der Waals surface area contributed by atoms with Crippen LogP contribution in [-0.4, -0.2) is 6.04 Å². The molecule has 1 aromatic rings. The molecule has 1 nitrogen and oxygen atoms in total. The molecule has 72 valence electrons. The van der Waals surface area contributed by atoms with Crippen LogP contribution in [-0.2, 0) is 6.42 Å². The van der Waals surface area contributed by atoms with Gasteiger partial charge in [0, 0.05) is 6.04 Å². The summed E-state index contributed by atoms with van der Waals surface area (Å²) in [7, 11) is 0. The predicted octanol–water partition coefficient (Wildman–Crippen LogP) is 2.66. The molecule has 0 aliphatic rings. The average molecular weight is 177 g/mol. The van der Waals surface area contributed by atoms with Crippen molar-refractivity contribution in [1.82, 2.24) is 0 Å². The second-order valence-electron chi connectivity index (χ2n) is 3.86. The van der Waals surface area contributed by atoms with Crippen molar-refractivity contribution in [3.63, 3.8) is 0 Å². The van der Waals surface area contributed by atoms with E-state index in [0.29, 0.717) is 6.04 Å². The zero-order valence-corrected chi connectivity index (χ0v) is 8.59. The fourth-order valence-corrected chi connectivity index (χ4v) is 1.38. The Hall–Kier alpha value is -0.820. The summed E-state index contributed by atoms with van der Waals surface area (Å²) < 4.78 is 0. The van der Waals surface area contributed by atoms with E-state index < -0.39 is 0 Å². The van der Waals surface area contributed by atoms with Crippen LogP contribution >= 0.6 is 0 Å². The first-order valence-electron chi connectivity index (χ1n) is 4.99. The van der Waals surface area contributed by atoms with E-state index in [-0.39, 0.29) is 0 Å². The Kier molecular flexibility index (Phi) is 3.97. The maximum Gasteiger partial charge on any atom is 0.00105 e. The molecule has 0 heterocycles. The Morgan fingerprint density at radius 1 is 1.23 bits per heavy atom. The molecular formula is C12H19N. The van der Waals surface area contributed by atoms with E-state index in [9.17, 15) is 0 Å². The van der Waals surface area contributed by atoms with Crippen LogP contribution in [0.4, 0.5) is 0 Å². The highest BCUT2D eigenvalue weighted by molar-refractivity contribution is 5.21. The van der Waals surface area contributed by atoms with Crippen molar-refractivity contribution in [1.29, 1.82) is 0 Å². The van der Waals surface area contributed by atoms with Crippen LogP contribution in [0.5, 0.6) is 0 Å². The molecule has 0 unspecified atom stereocenters. The lowest BCUT2D eigenvalue weighted by molar-refractivity contribution is 0.624. The molecular weight excluding hydrogens is 158 g/mol. The molecule has 0 aromatic heterocycles. The molecule has 0 radical (unpaired) electrons. The number of benzene rings is 1. The highest BCUT2D eigenvalue weighted by atomic mass is 14.6. The molecule has 0 saturated heterocycles. The molecule has 2 N–H and O–H groups in total. The number of aryl methyl sites for hydroxylation is 2. The summed E-state index contributed by atoms with van der Waals surface area (Å²) in [5, 5.41) is 0. The number of hydrogen-bond donors (Lipinski definition) is 1. The zero-order chi connectivity index (χ0) is 9.68. The molecule has 0 aliphatic heterocycles. The van der Waals surface area contributed by atoms with Crippen LogP contribution in [0.3, 0.4) is 0 Å². The van der Waals surface area contributed by atoms with Crippen molar-refractivity contribution in [3.8, 4) is 0 Å². The average Bonchev–Trinajstić information content (AvgIpc) is 2.08. The first-order chi connectivity index (χ1) is 6.18. The van der Waals surface area contributed by atoms with Crippen molar-refractivity contribution in [2.45, 2.75) is 39.2 Å². The molecule has 1 rings (SSSR count). The van der Waals surface area contributed by atoms with Crippen LogP contribution < -0.4 is 5.73 Å². The van der Waals surface area contributed by atoms with E-state index in [1.807, 2.05) is 0 Å². The summed E-state index contributed by atoms with van der Waals surface area (Å²) in [5.74, 6) is 0. The molecule has 13 heavy (non-hydrogen) atoms. The van der Waals surface area contributed by atoms with E-state index in [1.165, 1.54) is 17.5 Å². The molecule has 0 spiro atoms. The number of nitrogens with two attached hydrogens (primary N) is 1. The van der Waals surface area contributed by atoms with Gasteiger partial charge in [-0.05, 0) is 38.7 Å². The quantitative estimate of drug-likeness (QED) is 0.751. The Morgan fingerprint density at radius 3 is 2.38 bits per heavy atom. The maximum absolute atomic E-state index is 5.68. The lowest BCUT2D eigenvalue weighted by Gasteiger charge is -2.04. The molecule has 0 bridgehead atoms. The number of rotatable bonds is 4. The van der Waals surface area contributed by atoms with Crippen molar-refractivity contribution in [2.75, 3.05) is 0 Å². The third-order valence-electron chi connectivity index (χ3n) is 2.25. The minimum Gasteiger partial charge on any atom is -0.328 e. The van der Waals surface area contributed by atoms with Gasteiger partial charge in [0.2, 0.25) is 0 Å². The second-order valence-corrected chi connectivity index (χ2v) is 3.86. The highest BCUT2D eigenvalue weighted by Gasteiger charge is 1.95. The first kappa shape index (κ1) is 10.3. The summed E-state index contributed by atoms with van der Waals surface area (Å²) in [6, 6.07) is 9.08. The smallest absolute Gasteiger partial charge is 0.00105 e. The summed E-state index contributed by atoms with van der Waals surface area (Å²) in [5.41, 5.74) is 8.43. The van der Waals surface area contributed by atoms with Gasteiger partial charge < -0.3 is 5.73 Å². The van der Waals surface area contributed by atoms with Gasteiger partial charge in [0.25, 0.3) is 0 Å². The molecule has 1 aromatic carbocycles. The summed E-state index contributed by atoms with van der Waals surface area (Å²) in [6.07, 6.45) is 3.47. The van der Waals surface area contributed by atoms with Crippen molar-refractivity contribution >= 4 is 0 Å². The standard InChI is InChI=1S/C12H19N/c1-10-6-8-12(9-7-10)5-3-4-11(2)13/h6-9,11H,3-5,13H2,1-2H3/t11-/m1/s1.